The molecule has 0 aliphatic heterocycles. The van der Waals surface area contributed by atoms with Crippen LogP contribution in [0.2, 0.25) is 0 Å². The third kappa shape index (κ3) is 4.81. The third-order valence-corrected chi connectivity index (χ3v) is 1.52. The average Bonchev–Trinajstić information content (AvgIpc) is 2.29. The molecular formula is C11H15NO3. The molecule has 0 spiro atoms. The van der Waals surface area contributed by atoms with Gasteiger partial charge in [-0.25, -0.2) is 4.79 Å². The number of carboxylic acids is 1. The van der Waals surface area contributed by atoms with E-state index in [0.29, 0.717) is 6.61 Å². The summed E-state index contributed by atoms with van der Waals surface area (Å²) in [5, 5.41) is 11.8. The molecule has 0 radical (unpaired) electrons. The lowest BCUT2D eigenvalue weighted by atomic mass is 10.1. The van der Waals surface area contributed by atoms with Crippen molar-refractivity contribution in [3.63, 3.8) is 0 Å². The Morgan fingerprint density at radius 2 is 1.93 bits per heavy atom. The summed E-state index contributed by atoms with van der Waals surface area (Å²) >= 11 is 0. The van der Waals surface area contributed by atoms with Crippen molar-refractivity contribution < 1.29 is 14.7 Å². The van der Waals surface area contributed by atoms with Crippen molar-refractivity contribution in [3.8, 4) is 0 Å². The summed E-state index contributed by atoms with van der Waals surface area (Å²) in [6.07, 6.45) is 0. The number of carbonyl (C=O) groups is 1. The van der Waals surface area contributed by atoms with Crippen molar-refractivity contribution in [1.29, 1.82) is 0 Å². The Kier molecular flexibility index (Phi) is 6.63. The zero-order valence-electron chi connectivity index (χ0n) is 8.93. The maximum Gasteiger partial charge on any atom is 0.335 e. The Balaban J connectivity index is 0.000000921. The summed E-state index contributed by atoms with van der Waals surface area (Å²) in [5.41, 5.74) is 1.12. The number of nitrogens with zero attached hydrogens (tertiary/aromatic N) is 1. The van der Waals surface area contributed by atoms with Crippen LogP contribution >= 0.6 is 0 Å². The van der Waals surface area contributed by atoms with Gasteiger partial charge in [0.05, 0.1) is 5.56 Å². The lowest BCUT2D eigenvalue weighted by Crippen LogP contribution is -1.96. The highest BCUT2D eigenvalue weighted by atomic mass is 16.6. The van der Waals surface area contributed by atoms with Crippen LogP contribution < -0.4 is 0 Å². The van der Waals surface area contributed by atoms with E-state index < -0.39 is 5.97 Å². The SMILES string of the molecule is C=NOCc1ccc(C(=O)O)cc1.CC. The second-order valence-corrected chi connectivity index (χ2v) is 2.40. The van der Waals surface area contributed by atoms with E-state index in [9.17, 15) is 4.79 Å². The highest BCUT2D eigenvalue weighted by molar-refractivity contribution is 5.87. The predicted octanol–water partition coefficient (Wildman–Crippen LogP) is 2.54. The lowest BCUT2D eigenvalue weighted by Gasteiger charge is -1.99. The Morgan fingerprint density at radius 3 is 2.33 bits per heavy atom. The first kappa shape index (κ1) is 13.2. The third-order valence-electron chi connectivity index (χ3n) is 1.52. The van der Waals surface area contributed by atoms with Gasteiger partial charge < -0.3 is 9.94 Å². The molecule has 4 nitrogen and oxygen atoms in total. The van der Waals surface area contributed by atoms with Crippen LogP contribution in [-0.4, -0.2) is 17.8 Å². The number of hydrogen-bond donors (Lipinski definition) is 1. The van der Waals surface area contributed by atoms with Crippen LogP contribution in [0.3, 0.4) is 0 Å². The highest BCUT2D eigenvalue weighted by Crippen LogP contribution is 2.05. The van der Waals surface area contributed by atoms with Gasteiger partial charge in [0.25, 0.3) is 0 Å². The Labute approximate surface area is 89.2 Å². The molecule has 1 aromatic rings. The van der Waals surface area contributed by atoms with Gasteiger partial charge in [-0.05, 0) is 17.7 Å². The fourth-order valence-corrected chi connectivity index (χ4v) is 0.864. The van der Waals surface area contributed by atoms with E-state index in [0.717, 1.165) is 5.56 Å². The molecule has 0 fully saturated rings. The molecule has 1 N–H and O–H groups in total. The molecule has 0 saturated heterocycles. The summed E-state index contributed by atoms with van der Waals surface area (Å²) in [4.78, 5) is 15.2. The fourth-order valence-electron chi connectivity index (χ4n) is 0.864. The molecule has 0 saturated carbocycles. The minimum absolute atomic E-state index is 0.260. The topological polar surface area (TPSA) is 58.9 Å². The van der Waals surface area contributed by atoms with Gasteiger partial charge in [-0.2, -0.15) is 0 Å². The van der Waals surface area contributed by atoms with Crippen molar-refractivity contribution in [2.24, 2.45) is 5.16 Å². The molecule has 0 amide bonds. The number of hydrogen-bond acceptors (Lipinski definition) is 3. The van der Waals surface area contributed by atoms with Gasteiger partial charge in [-0.15, -0.1) is 5.16 Å². The summed E-state index contributed by atoms with van der Waals surface area (Å²) < 4.78 is 0. The van der Waals surface area contributed by atoms with Crippen molar-refractivity contribution in [2.75, 3.05) is 0 Å². The summed E-state index contributed by atoms with van der Waals surface area (Å²) in [6.45, 7) is 7.46. The molecule has 1 rings (SSSR count). The molecule has 0 heterocycles. The van der Waals surface area contributed by atoms with E-state index in [1.165, 1.54) is 12.1 Å². The van der Waals surface area contributed by atoms with Crippen LogP contribution in [0.5, 0.6) is 0 Å². The van der Waals surface area contributed by atoms with Crippen molar-refractivity contribution >= 4 is 12.7 Å². The minimum atomic E-state index is -0.936. The second kappa shape index (κ2) is 7.55. The molecule has 4 heteroatoms. The van der Waals surface area contributed by atoms with Crippen LogP contribution in [-0.2, 0) is 11.4 Å². The molecular weight excluding hydrogens is 194 g/mol. The minimum Gasteiger partial charge on any atom is -0.478 e. The molecule has 82 valence electrons. The van der Waals surface area contributed by atoms with Crippen LogP contribution in [0.25, 0.3) is 0 Å². The number of carboxylic acid groups (broad SMARTS) is 1. The Hall–Kier alpha value is -1.84. The average molecular weight is 209 g/mol. The quantitative estimate of drug-likeness (QED) is 0.612. The van der Waals surface area contributed by atoms with E-state index in [1.807, 2.05) is 13.8 Å². The summed E-state index contributed by atoms with van der Waals surface area (Å²) in [7, 11) is 0. The van der Waals surface area contributed by atoms with E-state index in [2.05, 4.69) is 16.7 Å². The van der Waals surface area contributed by atoms with E-state index in [1.54, 1.807) is 12.1 Å². The molecule has 0 aliphatic carbocycles. The Morgan fingerprint density at radius 1 is 1.40 bits per heavy atom. The smallest absolute Gasteiger partial charge is 0.335 e. The van der Waals surface area contributed by atoms with Crippen molar-refractivity contribution in [1.82, 2.24) is 0 Å². The zero-order chi connectivity index (χ0) is 11.7. The van der Waals surface area contributed by atoms with Gasteiger partial charge in [0.2, 0.25) is 0 Å². The normalized spacial score (nSPS) is 8.40. The van der Waals surface area contributed by atoms with Crippen LogP contribution in [0, 0.1) is 0 Å². The zero-order valence-corrected chi connectivity index (χ0v) is 8.93. The molecule has 0 aliphatic rings. The second-order valence-electron chi connectivity index (χ2n) is 2.40. The van der Waals surface area contributed by atoms with Crippen LogP contribution in [0.4, 0.5) is 0 Å². The highest BCUT2D eigenvalue weighted by Gasteiger charge is 2.01. The van der Waals surface area contributed by atoms with E-state index in [4.69, 9.17) is 5.11 Å². The maximum absolute atomic E-state index is 10.5. The van der Waals surface area contributed by atoms with Gasteiger partial charge in [-0.3, -0.25) is 0 Å². The first-order chi connectivity index (χ1) is 7.24. The molecule has 1 aromatic carbocycles. The van der Waals surface area contributed by atoms with Crippen LogP contribution in [0.15, 0.2) is 29.4 Å². The largest absolute Gasteiger partial charge is 0.478 e. The van der Waals surface area contributed by atoms with Crippen molar-refractivity contribution in [2.45, 2.75) is 20.5 Å². The van der Waals surface area contributed by atoms with Gasteiger partial charge in [-0.1, -0.05) is 26.0 Å². The van der Waals surface area contributed by atoms with Crippen molar-refractivity contribution in [3.05, 3.63) is 35.4 Å². The summed E-state index contributed by atoms with van der Waals surface area (Å²) in [6, 6.07) is 6.39. The first-order valence-corrected chi connectivity index (χ1v) is 4.64. The van der Waals surface area contributed by atoms with Gasteiger partial charge in [0, 0.05) is 6.72 Å². The van der Waals surface area contributed by atoms with Gasteiger partial charge >= 0.3 is 5.97 Å². The molecule has 0 atom stereocenters. The maximum atomic E-state index is 10.5. The standard InChI is InChI=1S/C9H9NO3.C2H6/c1-10-13-6-7-2-4-8(5-3-7)9(11)12;1-2/h2-5H,1,6H2,(H,11,12);1-2H3. The monoisotopic (exact) mass is 209 g/mol. The first-order valence-electron chi connectivity index (χ1n) is 4.64. The van der Waals surface area contributed by atoms with E-state index in [-0.39, 0.29) is 5.56 Å². The number of oxime groups is 1. The molecule has 0 unspecified atom stereocenters. The molecule has 15 heavy (non-hydrogen) atoms. The molecule has 0 aromatic heterocycles. The number of rotatable bonds is 4. The number of aromatic carboxylic acids is 1. The van der Waals surface area contributed by atoms with Gasteiger partial charge in [0.15, 0.2) is 0 Å². The fraction of sp³-hybridized carbons (Fsp3) is 0.273. The predicted molar refractivity (Wildman–Crippen MR) is 59.1 cm³/mol. The Bertz CT molecular complexity index is 306. The molecule has 0 bridgehead atoms. The van der Waals surface area contributed by atoms with E-state index >= 15 is 0 Å². The number of benzene rings is 1. The summed E-state index contributed by atoms with van der Waals surface area (Å²) in [5.74, 6) is -0.936. The van der Waals surface area contributed by atoms with Gasteiger partial charge in [0.1, 0.15) is 6.61 Å². The van der Waals surface area contributed by atoms with Crippen LogP contribution in [0.1, 0.15) is 29.8 Å². The lowest BCUT2D eigenvalue weighted by molar-refractivity contribution is 0.0696.